The van der Waals surface area contributed by atoms with E-state index < -0.39 is 0 Å². The van der Waals surface area contributed by atoms with Crippen LogP contribution in [0.25, 0.3) is 0 Å². The van der Waals surface area contributed by atoms with Crippen LogP contribution in [0.2, 0.25) is 0 Å². The lowest BCUT2D eigenvalue weighted by Gasteiger charge is -2.21. The molecule has 3 rings (SSSR count). The molecule has 0 aromatic heterocycles. The van der Waals surface area contributed by atoms with E-state index in [4.69, 9.17) is 0 Å². The average molecular weight is 308 g/mol. The van der Waals surface area contributed by atoms with E-state index >= 15 is 0 Å². The molecule has 1 fully saturated rings. The van der Waals surface area contributed by atoms with Gasteiger partial charge >= 0.3 is 0 Å². The summed E-state index contributed by atoms with van der Waals surface area (Å²) in [6.07, 6.45) is 1.71. The lowest BCUT2D eigenvalue weighted by atomic mass is 9.97. The zero-order valence-electron chi connectivity index (χ0n) is 12.9. The van der Waals surface area contributed by atoms with E-state index in [9.17, 15) is 9.59 Å². The number of carbonyl (C=O) groups excluding carboxylic acids is 2. The molecule has 0 unspecified atom stereocenters. The molecule has 0 radical (unpaired) electrons. The number of amides is 1. The fourth-order valence-corrected chi connectivity index (χ4v) is 2.82. The molecular formula is C19H20N2O2. The van der Waals surface area contributed by atoms with E-state index in [-0.39, 0.29) is 17.6 Å². The molecule has 2 N–H and O–H groups in total. The van der Waals surface area contributed by atoms with Gasteiger partial charge in [-0.3, -0.25) is 9.59 Å². The van der Waals surface area contributed by atoms with Crippen molar-refractivity contribution in [2.45, 2.75) is 12.8 Å². The molecule has 1 aliphatic heterocycles. The van der Waals surface area contributed by atoms with Gasteiger partial charge in [0.25, 0.3) is 0 Å². The third-order valence-corrected chi connectivity index (χ3v) is 4.14. The molecule has 0 atom stereocenters. The number of carbonyl (C=O) groups is 2. The molecule has 1 amide bonds. The predicted molar refractivity (Wildman–Crippen MR) is 90.5 cm³/mol. The lowest BCUT2D eigenvalue weighted by molar-refractivity contribution is -0.120. The molecule has 1 saturated heterocycles. The first-order chi connectivity index (χ1) is 11.2. The largest absolute Gasteiger partial charge is 0.326 e. The first-order valence-corrected chi connectivity index (χ1v) is 7.95. The Kier molecular flexibility index (Phi) is 4.83. The monoisotopic (exact) mass is 308 g/mol. The summed E-state index contributed by atoms with van der Waals surface area (Å²) in [4.78, 5) is 24.8. The highest BCUT2D eigenvalue weighted by Crippen LogP contribution is 2.18. The number of ketones is 1. The second-order valence-corrected chi connectivity index (χ2v) is 5.79. The van der Waals surface area contributed by atoms with Gasteiger partial charge in [0.05, 0.1) is 0 Å². The molecule has 118 valence electrons. The van der Waals surface area contributed by atoms with E-state index in [0.717, 1.165) is 25.9 Å². The first kappa shape index (κ1) is 15.4. The minimum atomic E-state index is -0.0384. The van der Waals surface area contributed by atoms with Gasteiger partial charge in [0, 0.05) is 22.7 Å². The molecule has 0 bridgehead atoms. The van der Waals surface area contributed by atoms with Crippen molar-refractivity contribution < 1.29 is 9.59 Å². The van der Waals surface area contributed by atoms with Crippen LogP contribution < -0.4 is 10.6 Å². The smallest absolute Gasteiger partial charge is 0.227 e. The molecule has 0 aliphatic carbocycles. The number of benzene rings is 2. The molecule has 1 heterocycles. The zero-order chi connectivity index (χ0) is 16.1. The molecule has 2 aromatic carbocycles. The Bertz CT molecular complexity index is 692. The number of rotatable bonds is 4. The van der Waals surface area contributed by atoms with Gasteiger partial charge < -0.3 is 10.6 Å². The van der Waals surface area contributed by atoms with Gasteiger partial charge in [0.2, 0.25) is 5.91 Å². The summed E-state index contributed by atoms with van der Waals surface area (Å²) in [5, 5.41) is 6.19. The molecule has 1 aliphatic rings. The van der Waals surface area contributed by atoms with Crippen LogP contribution in [0.15, 0.2) is 54.6 Å². The Labute approximate surface area is 135 Å². The van der Waals surface area contributed by atoms with Crippen molar-refractivity contribution in [3.05, 3.63) is 65.7 Å². The topological polar surface area (TPSA) is 58.2 Å². The van der Waals surface area contributed by atoms with Crippen LogP contribution in [0.1, 0.15) is 28.8 Å². The van der Waals surface area contributed by atoms with Crippen molar-refractivity contribution in [2.24, 2.45) is 5.92 Å². The summed E-state index contributed by atoms with van der Waals surface area (Å²) in [6, 6.07) is 16.3. The quantitative estimate of drug-likeness (QED) is 0.854. The molecule has 4 heteroatoms. The van der Waals surface area contributed by atoms with Crippen molar-refractivity contribution in [3.8, 4) is 0 Å². The number of nitrogens with one attached hydrogen (secondary N) is 2. The van der Waals surface area contributed by atoms with Crippen molar-refractivity contribution >= 4 is 17.4 Å². The van der Waals surface area contributed by atoms with E-state index in [2.05, 4.69) is 10.6 Å². The summed E-state index contributed by atoms with van der Waals surface area (Å²) in [6.45, 7) is 1.76. The predicted octanol–water partition coefficient (Wildman–Crippen LogP) is 2.86. The highest BCUT2D eigenvalue weighted by Gasteiger charge is 2.21. The van der Waals surface area contributed by atoms with Gasteiger partial charge in [-0.25, -0.2) is 0 Å². The van der Waals surface area contributed by atoms with Crippen molar-refractivity contribution in [1.29, 1.82) is 0 Å². The average Bonchev–Trinajstić information content (AvgIpc) is 2.63. The molecule has 2 aromatic rings. The van der Waals surface area contributed by atoms with Crippen LogP contribution in [0.3, 0.4) is 0 Å². The molecule has 0 saturated carbocycles. The summed E-state index contributed by atoms with van der Waals surface area (Å²) in [5.74, 6) is 0.0455. The number of piperidine rings is 1. The Morgan fingerprint density at radius 1 is 0.913 bits per heavy atom. The Morgan fingerprint density at radius 2 is 1.61 bits per heavy atom. The SMILES string of the molecule is O=C(c1ccccc1)c1cccc(NC(=O)C2CCNCC2)c1. The second kappa shape index (κ2) is 7.20. The molecule has 4 nitrogen and oxygen atoms in total. The number of hydrogen-bond donors (Lipinski definition) is 2. The summed E-state index contributed by atoms with van der Waals surface area (Å²) >= 11 is 0. The maximum Gasteiger partial charge on any atom is 0.227 e. The fourth-order valence-electron chi connectivity index (χ4n) is 2.82. The van der Waals surface area contributed by atoms with Crippen molar-refractivity contribution in [2.75, 3.05) is 18.4 Å². The zero-order valence-corrected chi connectivity index (χ0v) is 12.9. The summed E-state index contributed by atoms with van der Waals surface area (Å²) < 4.78 is 0. The van der Waals surface area contributed by atoms with Gasteiger partial charge in [-0.1, -0.05) is 42.5 Å². The van der Waals surface area contributed by atoms with Gasteiger partial charge in [-0.2, -0.15) is 0 Å². The fraction of sp³-hybridized carbons (Fsp3) is 0.263. The number of anilines is 1. The van der Waals surface area contributed by atoms with Gasteiger partial charge in [0.1, 0.15) is 0 Å². The van der Waals surface area contributed by atoms with Gasteiger partial charge in [-0.05, 0) is 38.1 Å². The lowest BCUT2D eigenvalue weighted by Crippen LogP contribution is -2.34. The third-order valence-electron chi connectivity index (χ3n) is 4.14. The van der Waals surface area contributed by atoms with Crippen LogP contribution in [-0.2, 0) is 4.79 Å². The van der Waals surface area contributed by atoms with Crippen LogP contribution >= 0.6 is 0 Å². The number of hydrogen-bond acceptors (Lipinski definition) is 3. The summed E-state index contributed by atoms with van der Waals surface area (Å²) in [5.41, 5.74) is 1.91. The van der Waals surface area contributed by atoms with Crippen molar-refractivity contribution in [3.63, 3.8) is 0 Å². The van der Waals surface area contributed by atoms with Crippen LogP contribution in [0, 0.1) is 5.92 Å². The third kappa shape index (κ3) is 3.85. The highest BCUT2D eigenvalue weighted by molar-refractivity contribution is 6.09. The minimum absolute atomic E-state index is 0.0378. The van der Waals surface area contributed by atoms with E-state index in [1.54, 1.807) is 30.3 Å². The van der Waals surface area contributed by atoms with E-state index in [0.29, 0.717) is 16.8 Å². The van der Waals surface area contributed by atoms with E-state index in [1.165, 1.54) is 0 Å². The maximum atomic E-state index is 12.5. The van der Waals surface area contributed by atoms with Crippen molar-refractivity contribution in [1.82, 2.24) is 5.32 Å². The molecule has 0 spiro atoms. The highest BCUT2D eigenvalue weighted by atomic mass is 16.2. The van der Waals surface area contributed by atoms with E-state index in [1.807, 2.05) is 24.3 Å². The standard InChI is InChI=1S/C19H20N2O2/c22-18(14-5-2-1-3-6-14)16-7-4-8-17(13-16)21-19(23)15-9-11-20-12-10-15/h1-8,13,15,20H,9-12H2,(H,21,23). The maximum absolute atomic E-state index is 12.5. The Balaban J connectivity index is 1.72. The van der Waals surface area contributed by atoms with Crippen LogP contribution in [0.5, 0.6) is 0 Å². The Hall–Kier alpha value is -2.46. The molecule has 23 heavy (non-hydrogen) atoms. The first-order valence-electron chi connectivity index (χ1n) is 7.95. The normalized spacial score (nSPS) is 15.1. The Morgan fingerprint density at radius 3 is 2.35 bits per heavy atom. The summed E-state index contributed by atoms with van der Waals surface area (Å²) in [7, 11) is 0. The van der Waals surface area contributed by atoms with Gasteiger partial charge in [-0.15, -0.1) is 0 Å². The van der Waals surface area contributed by atoms with Crippen LogP contribution in [-0.4, -0.2) is 24.8 Å². The molecular weight excluding hydrogens is 288 g/mol. The van der Waals surface area contributed by atoms with Gasteiger partial charge in [0.15, 0.2) is 5.78 Å². The van der Waals surface area contributed by atoms with Crippen LogP contribution in [0.4, 0.5) is 5.69 Å². The minimum Gasteiger partial charge on any atom is -0.326 e. The second-order valence-electron chi connectivity index (χ2n) is 5.79.